The van der Waals surface area contributed by atoms with Crippen LogP contribution in [0.25, 0.3) is 10.2 Å². The third kappa shape index (κ3) is 1.22. The lowest BCUT2D eigenvalue weighted by molar-refractivity contribution is 0.892. The van der Waals surface area contributed by atoms with Crippen molar-refractivity contribution < 1.29 is 0 Å². The monoisotopic (exact) mass is 267 g/mol. The first kappa shape index (κ1) is 8.86. The first-order valence-electron chi connectivity index (χ1n) is 4.75. The molecule has 0 saturated heterocycles. The van der Waals surface area contributed by atoms with Crippen LogP contribution < -0.4 is 0 Å². The Hall–Kier alpha value is -0.410. The SMILES string of the molecule is CC1[C@@H](c2ccc3sccc3n2)[C@H]1Br. The number of alkyl halides is 1. The normalized spacial score (nSPS) is 30.9. The van der Waals surface area contributed by atoms with Gasteiger partial charge in [0.25, 0.3) is 0 Å². The van der Waals surface area contributed by atoms with Crippen LogP contribution in [0.5, 0.6) is 0 Å². The van der Waals surface area contributed by atoms with Crippen LogP contribution in [-0.2, 0) is 0 Å². The molecule has 2 heterocycles. The fraction of sp³-hybridized carbons (Fsp3) is 0.364. The second-order valence-corrected chi connectivity index (χ2v) is 5.87. The van der Waals surface area contributed by atoms with Crippen LogP contribution in [0, 0.1) is 5.92 Å². The Morgan fingerprint density at radius 1 is 1.36 bits per heavy atom. The zero-order valence-corrected chi connectivity index (χ0v) is 10.2. The van der Waals surface area contributed by atoms with E-state index in [4.69, 9.17) is 0 Å². The van der Waals surface area contributed by atoms with Crippen molar-refractivity contribution in [1.29, 1.82) is 0 Å². The van der Waals surface area contributed by atoms with Gasteiger partial charge in [-0.25, -0.2) is 0 Å². The highest BCUT2D eigenvalue weighted by Crippen LogP contribution is 2.52. The number of nitrogens with zero attached hydrogens (tertiary/aromatic N) is 1. The molecule has 1 fully saturated rings. The number of fused-ring (bicyclic) bond motifs is 1. The summed E-state index contributed by atoms with van der Waals surface area (Å²) < 4.78 is 1.29. The van der Waals surface area contributed by atoms with Crippen LogP contribution in [0.15, 0.2) is 23.6 Å². The van der Waals surface area contributed by atoms with Gasteiger partial charge in [-0.2, -0.15) is 0 Å². The van der Waals surface area contributed by atoms with Gasteiger partial charge in [0.1, 0.15) is 0 Å². The zero-order chi connectivity index (χ0) is 9.71. The van der Waals surface area contributed by atoms with Crippen molar-refractivity contribution in [2.45, 2.75) is 17.7 Å². The number of halogens is 1. The average Bonchev–Trinajstić information content (AvgIpc) is 2.67. The molecule has 0 spiro atoms. The van der Waals surface area contributed by atoms with Gasteiger partial charge in [-0.1, -0.05) is 22.9 Å². The number of aromatic nitrogens is 1. The van der Waals surface area contributed by atoms with Crippen molar-refractivity contribution in [1.82, 2.24) is 4.98 Å². The molecule has 3 atom stereocenters. The molecule has 0 bridgehead atoms. The zero-order valence-electron chi connectivity index (χ0n) is 7.77. The van der Waals surface area contributed by atoms with Gasteiger partial charge < -0.3 is 0 Å². The lowest BCUT2D eigenvalue weighted by atomic mass is 10.2. The second-order valence-electron chi connectivity index (χ2n) is 3.87. The Morgan fingerprint density at radius 2 is 2.14 bits per heavy atom. The molecule has 1 aliphatic carbocycles. The van der Waals surface area contributed by atoms with E-state index in [1.54, 1.807) is 11.3 Å². The summed E-state index contributed by atoms with van der Waals surface area (Å²) in [5.41, 5.74) is 2.39. The van der Waals surface area contributed by atoms with Crippen LogP contribution in [0.1, 0.15) is 18.5 Å². The van der Waals surface area contributed by atoms with Crippen LogP contribution in [0.3, 0.4) is 0 Å². The van der Waals surface area contributed by atoms with E-state index in [9.17, 15) is 0 Å². The quantitative estimate of drug-likeness (QED) is 0.717. The lowest BCUT2D eigenvalue weighted by Gasteiger charge is -1.97. The van der Waals surface area contributed by atoms with Gasteiger partial charge in [0.05, 0.1) is 10.2 Å². The molecule has 0 N–H and O–H groups in total. The molecule has 72 valence electrons. The van der Waals surface area contributed by atoms with Crippen molar-refractivity contribution in [2.75, 3.05) is 0 Å². The first-order chi connectivity index (χ1) is 6.77. The Labute approximate surface area is 95.3 Å². The molecule has 1 aliphatic rings. The maximum atomic E-state index is 4.68. The van der Waals surface area contributed by atoms with E-state index in [1.807, 2.05) is 0 Å². The third-order valence-electron chi connectivity index (χ3n) is 2.94. The summed E-state index contributed by atoms with van der Waals surface area (Å²) in [6.07, 6.45) is 0. The molecule has 0 aliphatic heterocycles. The molecule has 0 aromatic carbocycles. The maximum Gasteiger partial charge on any atom is 0.0813 e. The summed E-state index contributed by atoms with van der Waals surface area (Å²) >= 11 is 5.42. The molecule has 3 rings (SSSR count). The maximum absolute atomic E-state index is 4.68. The minimum Gasteiger partial charge on any atom is -0.252 e. The molecule has 3 heteroatoms. The van der Waals surface area contributed by atoms with E-state index in [0.29, 0.717) is 10.7 Å². The van der Waals surface area contributed by atoms with E-state index in [0.717, 1.165) is 11.4 Å². The van der Waals surface area contributed by atoms with Crippen LogP contribution in [0.2, 0.25) is 0 Å². The Bertz CT molecular complexity index is 471. The van der Waals surface area contributed by atoms with E-state index < -0.39 is 0 Å². The van der Waals surface area contributed by atoms with Crippen molar-refractivity contribution >= 4 is 37.5 Å². The van der Waals surface area contributed by atoms with Crippen molar-refractivity contribution in [3.63, 3.8) is 0 Å². The van der Waals surface area contributed by atoms with E-state index in [2.05, 4.69) is 51.4 Å². The molecule has 1 nitrogen and oxygen atoms in total. The summed E-state index contributed by atoms with van der Waals surface area (Å²) in [6, 6.07) is 6.45. The highest BCUT2D eigenvalue weighted by Gasteiger charge is 2.46. The number of rotatable bonds is 1. The second kappa shape index (κ2) is 3.04. The fourth-order valence-corrected chi connectivity index (χ4v) is 3.53. The van der Waals surface area contributed by atoms with Gasteiger partial charge in [0.15, 0.2) is 0 Å². The molecule has 1 saturated carbocycles. The largest absolute Gasteiger partial charge is 0.252 e. The molecule has 2 aromatic heterocycles. The number of hydrogen-bond donors (Lipinski definition) is 0. The van der Waals surface area contributed by atoms with Gasteiger partial charge in [0.2, 0.25) is 0 Å². The van der Waals surface area contributed by atoms with Crippen molar-refractivity contribution in [3.8, 4) is 0 Å². The Balaban J connectivity index is 2.06. The third-order valence-corrected chi connectivity index (χ3v) is 5.22. The highest BCUT2D eigenvalue weighted by atomic mass is 79.9. The predicted octanol–water partition coefficient (Wildman–Crippen LogP) is 3.79. The first-order valence-corrected chi connectivity index (χ1v) is 6.55. The minimum atomic E-state index is 0.624. The van der Waals surface area contributed by atoms with Crippen molar-refractivity contribution in [3.05, 3.63) is 29.3 Å². The lowest BCUT2D eigenvalue weighted by Crippen LogP contribution is -1.87. The van der Waals surface area contributed by atoms with Gasteiger partial charge in [0, 0.05) is 16.4 Å². The number of thiophene rings is 1. The molecule has 2 aromatic rings. The summed E-state index contributed by atoms with van der Waals surface area (Å²) in [5, 5.41) is 2.10. The molecule has 0 amide bonds. The standard InChI is InChI=1S/C11H10BrNS/c1-6-10(11(6)12)8-2-3-9-7(13-8)4-5-14-9/h2-6,10-11H,1H3/t6?,10-,11-/m0/s1. The summed E-state index contributed by atoms with van der Waals surface area (Å²) in [5.74, 6) is 1.36. The fourth-order valence-electron chi connectivity index (χ4n) is 1.90. The molecular formula is C11H10BrNS. The summed E-state index contributed by atoms with van der Waals surface area (Å²) in [6.45, 7) is 2.27. The van der Waals surface area contributed by atoms with Crippen LogP contribution in [-0.4, -0.2) is 9.81 Å². The van der Waals surface area contributed by atoms with Crippen LogP contribution >= 0.6 is 27.3 Å². The number of hydrogen-bond acceptors (Lipinski definition) is 2. The van der Waals surface area contributed by atoms with E-state index >= 15 is 0 Å². The molecular weight excluding hydrogens is 258 g/mol. The Morgan fingerprint density at radius 3 is 2.86 bits per heavy atom. The predicted molar refractivity (Wildman–Crippen MR) is 64.2 cm³/mol. The van der Waals surface area contributed by atoms with Gasteiger partial charge >= 0.3 is 0 Å². The van der Waals surface area contributed by atoms with Crippen molar-refractivity contribution in [2.24, 2.45) is 5.92 Å². The highest BCUT2D eigenvalue weighted by molar-refractivity contribution is 9.09. The molecule has 1 unspecified atom stereocenters. The van der Waals surface area contributed by atoms with E-state index in [-0.39, 0.29) is 0 Å². The van der Waals surface area contributed by atoms with Gasteiger partial charge in [-0.3, -0.25) is 4.98 Å². The molecule has 0 radical (unpaired) electrons. The molecule has 14 heavy (non-hydrogen) atoms. The summed E-state index contributed by atoms with van der Waals surface area (Å²) in [4.78, 5) is 5.31. The minimum absolute atomic E-state index is 0.624. The van der Waals surface area contributed by atoms with Gasteiger partial charge in [-0.15, -0.1) is 11.3 Å². The van der Waals surface area contributed by atoms with Crippen LogP contribution in [0.4, 0.5) is 0 Å². The Kier molecular flexibility index (Phi) is 1.92. The smallest absolute Gasteiger partial charge is 0.0813 e. The number of pyridine rings is 1. The average molecular weight is 268 g/mol. The summed E-state index contributed by atoms with van der Waals surface area (Å²) in [7, 11) is 0. The topological polar surface area (TPSA) is 12.9 Å². The van der Waals surface area contributed by atoms with E-state index in [1.165, 1.54) is 10.4 Å². The van der Waals surface area contributed by atoms with Gasteiger partial charge in [-0.05, 0) is 29.5 Å².